The molecule has 2 heterocycles. The van der Waals surface area contributed by atoms with Crippen molar-refractivity contribution in [1.29, 1.82) is 0 Å². The van der Waals surface area contributed by atoms with Gasteiger partial charge in [0.15, 0.2) is 0 Å². The van der Waals surface area contributed by atoms with E-state index in [1.165, 1.54) is 6.07 Å². The monoisotopic (exact) mass is 322 g/mol. The molecule has 1 amide bonds. The Morgan fingerprint density at radius 3 is 2.48 bits per heavy atom. The van der Waals surface area contributed by atoms with Gasteiger partial charge in [-0.3, -0.25) is 10.1 Å². The van der Waals surface area contributed by atoms with Gasteiger partial charge in [0.05, 0.1) is 4.92 Å². The fraction of sp³-hybridized carbons (Fsp3) is 0.600. The van der Waals surface area contributed by atoms with E-state index in [2.05, 4.69) is 4.98 Å². The number of nitrogens with zero attached hydrogens (tertiary/aromatic N) is 3. The summed E-state index contributed by atoms with van der Waals surface area (Å²) in [7, 11) is 0. The van der Waals surface area contributed by atoms with Crippen LogP contribution in [0.2, 0.25) is 0 Å². The molecule has 23 heavy (non-hydrogen) atoms. The number of anilines is 1. The summed E-state index contributed by atoms with van der Waals surface area (Å²) < 4.78 is 5.36. The molecule has 0 aromatic carbocycles. The van der Waals surface area contributed by atoms with Crippen LogP contribution in [0.5, 0.6) is 0 Å². The zero-order chi connectivity index (χ0) is 17.2. The number of pyridine rings is 1. The van der Waals surface area contributed by atoms with Crippen LogP contribution in [0, 0.1) is 10.1 Å². The molecular weight excluding hydrogens is 300 g/mol. The molecule has 1 aliphatic heterocycles. The summed E-state index contributed by atoms with van der Waals surface area (Å²) in [6.07, 6.45) is 1.14. The van der Waals surface area contributed by atoms with Gasteiger partial charge in [-0.2, -0.15) is 0 Å². The molecule has 0 saturated carbocycles. The molecule has 126 valence electrons. The van der Waals surface area contributed by atoms with Gasteiger partial charge in [-0.25, -0.2) is 9.78 Å². The molecule has 8 nitrogen and oxygen atoms in total. The molecule has 1 saturated heterocycles. The molecule has 2 rings (SSSR count). The van der Waals surface area contributed by atoms with Crippen molar-refractivity contribution in [3.05, 3.63) is 27.9 Å². The number of nitro groups is 1. The third-order valence-corrected chi connectivity index (χ3v) is 3.69. The standard InChI is InChI=1S/C15H22N4O4/c1-15(2,3)23-14(20)18-8-6-10(7-9-18)11-4-5-12(19(21)22)13(16)17-11/h4-5,10H,6-9H2,1-3H3,(H2,16,17). The van der Waals surface area contributed by atoms with E-state index in [-0.39, 0.29) is 23.5 Å². The first-order chi connectivity index (χ1) is 10.7. The number of amides is 1. The van der Waals surface area contributed by atoms with Crippen molar-refractivity contribution in [2.45, 2.75) is 45.1 Å². The number of ether oxygens (including phenoxy) is 1. The average Bonchev–Trinajstić information content (AvgIpc) is 2.45. The SMILES string of the molecule is CC(C)(C)OC(=O)N1CCC(c2ccc([N+](=O)[O-])c(N)n2)CC1. The van der Waals surface area contributed by atoms with Crippen LogP contribution in [0.15, 0.2) is 12.1 Å². The van der Waals surface area contributed by atoms with Crippen LogP contribution in [-0.2, 0) is 4.74 Å². The number of carbonyl (C=O) groups is 1. The number of aromatic nitrogens is 1. The average molecular weight is 322 g/mol. The van der Waals surface area contributed by atoms with E-state index in [1.54, 1.807) is 11.0 Å². The van der Waals surface area contributed by atoms with Crippen LogP contribution in [-0.4, -0.2) is 39.6 Å². The number of piperidine rings is 1. The number of likely N-dealkylation sites (tertiary alicyclic amines) is 1. The lowest BCUT2D eigenvalue weighted by atomic mass is 9.93. The van der Waals surface area contributed by atoms with E-state index in [9.17, 15) is 14.9 Å². The van der Waals surface area contributed by atoms with E-state index in [1.807, 2.05) is 20.8 Å². The van der Waals surface area contributed by atoms with Gasteiger partial charge in [-0.1, -0.05) is 0 Å². The lowest BCUT2D eigenvalue weighted by Crippen LogP contribution is -2.41. The van der Waals surface area contributed by atoms with Crippen molar-refractivity contribution < 1.29 is 14.5 Å². The molecule has 1 aliphatic rings. The van der Waals surface area contributed by atoms with Crippen LogP contribution in [0.25, 0.3) is 0 Å². The Hall–Kier alpha value is -2.38. The van der Waals surface area contributed by atoms with Crippen molar-refractivity contribution in [1.82, 2.24) is 9.88 Å². The van der Waals surface area contributed by atoms with Crippen molar-refractivity contribution >= 4 is 17.6 Å². The number of nitrogen functional groups attached to an aromatic ring is 1. The first kappa shape index (κ1) is 17.0. The molecule has 2 N–H and O–H groups in total. The van der Waals surface area contributed by atoms with Crippen molar-refractivity contribution in [3.8, 4) is 0 Å². The van der Waals surface area contributed by atoms with E-state index in [4.69, 9.17) is 10.5 Å². The molecule has 0 unspecified atom stereocenters. The molecule has 0 aliphatic carbocycles. The minimum atomic E-state index is -0.544. The molecule has 1 fully saturated rings. The highest BCUT2D eigenvalue weighted by atomic mass is 16.6. The molecule has 8 heteroatoms. The number of carbonyl (C=O) groups excluding carboxylic acids is 1. The van der Waals surface area contributed by atoms with Gasteiger partial charge in [-0.15, -0.1) is 0 Å². The van der Waals surface area contributed by atoms with E-state index < -0.39 is 10.5 Å². The van der Waals surface area contributed by atoms with Gasteiger partial charge in [-0.05, 0) is 39.7 Å². The maximum absolute atomic E-state index is 12.0. The fourth-order valence-corrected chi connectivity index (χ4v) is 2.55. The molecular formula is C15H22N4O4. The van der Waals surface area contributed by atoms with Crippen molar-refractivity contribution in [2.75, 3.05) is 18.8 Å². The van der Waals surface area contributed by atoms with Crippen LogP contribution >= 0.6 is 0 Å². The summed E-state index contributed by atoms with van der Waals surface area (Å²) >= 11 is 0. The first-order valence-corrected chi connectivity index (χ1v) is 7.56. The Kier molecular flexibility index (Phi) is 4.72. The highest BCUT2D eigenvalue weighted by Crippen LogP contribution is 2.30. The number of nitrogens with two attached hydrogens (primary N) is 1. The molecule has 0 radical (unpaired) electrons. The van der Waals surface area contributed by atoms with Gasteiger partial charge in [0.2, 0.25) is 5.82 Å². The van der Waals surface area contributed by atoms with Crippen LogP contribution < -0.4 is 5.73 Å². The lowest BCUT2D eigenvalue weighted by Gasteiger charge is -2.33. The summed E-state index contributed by atoms with van der Waals surface area (Å²) in [5.74, 6) is 0.0684. The lowest BCUT2D eigenvalue weighted by molar-refractivity contribution is -0.384. The number of rotatable bonds is 2. The second-order valence-corrected chi connectivity index (χ2v) is 6.64. The fourth-order valence-electron chi connectivity index (χ4n) is 2.55. The minimum Gasteiger partial charge on any atom is -0.444 e. The predicted octanol–water partition coefficient (Wildman–Crippen LogP) is 2.69. The second-order valence-electron chi connectivity index (χ2n) is 6.64. The smallest absolute Gasteiger partial charge is 0.410 e. The Bertz CT molecular complexity index is 604. The highest BCUT2D eigenvalue weighted by molar-refractivity contribution is 5.68. The Morgan fingerprint density at radius 2 is 2.00 bits per heavy atom. The number of hydrogen-bond donors (Lipinski definition) is 1. The zero-order valence-corrected chi connectivity index (χ0v) is 13.6. The van der Waals surface area contributed by atoms with Crippen molar-refractivity contribution in [2.24, 2.45) is 0 Å². The summed E-state index contributed by atoms with van der Waals surface area (Å²) in [5, 5.41) is 10.8. The van der Waals surface area contributed by atoms with Crippen LogP contribution in [0.3, 0.4) is 0 Å². The largest absolute Gasteiger partial charge is 0.444 e. The van der Waals surface area contributed by atoms with Gasteiger partial charge in [0.25, 0.3) is 0 Å². The normalized spacial score (nSPS) is 16.2. The summed E-state index contributed by atoms with van der Waals surface area (Å²) in [5.41, 5.74) is 5.68. The Morgan fingerprint density at radius 1 is 1.39 bits per heavy atom. The van der Waals surface area contributed by atoms with Gasteiger partial charge in [0.1, 0.15) is 5.60 Å². The van der Waals surface area contributed by atoms with Gasteiger partial charge < -0.3 is 15.4 Å². The van der Waals surface area contributed by atoms with Gasteiger partial charge >= 0.3 is 11.8 Å². The van der Waals surface area contributed by atoms with Crippen LogP contribution in [0.4, 0.5) is 16.3 Å². The highest BCUT2D eigenvalue weighted by Gasteiger charge is 2.28. The zero-order valence-electron chi connectivity index (χ0n) is 13.6. The van der Waals surface area contributed by atoms with E-state index >= 15 is 0 Å². The van der Waals surface area contributed by atoms with Gasteiger partial charge in [0, 0.05) is 30.8 Å². The maximum Gasteiger partial charge on any atom is 0.410 e. The Labute approximate surface area is 134 Å². The van der Waals surface area contributed by atoms with Crippen molar-refractivity contribution in [3.63, 3.8) is 0 Å². The van der Waals surface area contributed by atoms with E-state index in [0.29, 0.717) is 13.1 Å². The van der Waals surface area contributed by atoms with Crippen LogP contribution in [0.1, 0.15) is 45.2 Å². The predicted molar refractivity (Wildman–Crippen MR) is 85.1 cm³/mol. The minimum absolute atomic E-state index is 0.0675. The van der Waals surface area contributed by atoms with E-state index in [0.717, 1.165) is 18.5 Å². The third kappa shape index (κ3) is 4.30. The second kappa shape index (κ2) is 6.39. The molecule has 1 aromatic rings. The number of hydrogen-bond acceptors (Lipinski definition) is 6. The third-order valence-electron chi connectivity index (χ3n) is 3.69. The topological polar surface area (TPSA) is 112 Å². The summed E-state index contributed by atoms with van der Waals surface area (Å²) in [6, 6.07) is 3.03. The summed E-state index contributed by atoms with van der Waals surface area (Å²) in [4.78, 5) is 28.1. The first-order valence-electron chi connectivity index (χ1n) is 7.56. The molecule has 0 spiro atoms. The molecule has 0 atom stereocenters. The molecule has 1 aromatic heterocycles. The maximum atomic E-state index is 12.0. The summed E-state index contributed by atoms with van der Waals surface area (Å²) in [6.45, 7) is 6.64. The molecule has 0 bridgehead atoms. The quantitative estimate of drug-likeness (QED) is 0.662. The Balaban J connectivity index is 1.98.